The fourth-order valence-electron chi connectivity index (χ4n) is 3.18. The van der Waals surface area contributed by atoms with E-state index in [0.29, 0.717) is 44.6 Å². The van der Waals surface area contributed by atoms with Crippen LogP contribution in [0.2, 0.25) is 0 Å². The second kappa shape index (κ2) is 8.41. The SMILES string of the molecule is CCOC(=O)N1CCN(c2nncc(Nc3ccccc3C(C)(C)C)n2)CC1. The van der Waals surface area contributed by atoms with Crippen molar-refractivity contribution in [2.75, 3.05) is 43.0 Å². The van der Waals surface area contributed by atoms with Crippen LogP contribution in [0.5, 0.6) is 0 Å². The number of hydrogen-bond donors (Lipinski definition) is 1. The Hall–Kier alpha value is -2.90. The smallest absolute Gasteiger partial charge is 0.409 e. The van der Waals surface area contributed by atoms with E-state index in [0.717, 1.165) is 5.69 Å². The van der Waals surface area contributed by atoms with E-state index in [9.17, 15) is 4.79 Å². The summed E-state index contributed by atoms with van der Waals surface area (Å²) in [5.41, 5.74) is 2.22. The van der Waals surface area contributed by atoms with Crippen LogP contribution in [0.15, 0.2) is 30.5 Å². The monoisotopic (exact) mass is 384 g/mol. The summed E-state index contributed by atoms with van der Waals surface area (Å²) < 4.78 is 5.06. The van der Waals surface area contributed by atoms with E-state index in [1.807, 2.05) is 30.0 Å². The fourth-order valence-corrected chi connectivity index (χ4v) is 3.18. The first-order chi connectivity index (χ1) is 13.4. The molecular formula is C20H28N6O2. The van der Waals surface area contributed by atoms with Gasteiger partial charge in [0.15, 0.2) is 5.82 Å². The van der Waals surface area contributed by atoms with Gasteiger partial charge in [-0.05, 0) is 24.0 Å². The molecule has 0 saturated carbocycles. The molecule has 0 bridgehead atoms. The fraction of sp³-hybridized carbons (Fsp3) is 0.500. The van der Waals surface area contributed by atoms with E-state index >= 15 is 0 Å². The van der Waals surface area contributed by atoms with Crippen molar-refractivity contribution in [3.8, 4) is 0 Å². The molecular weight excluding hydrogens is 356 g/mol. The number of carbonyl (C=O) groups is 1. The molecule has 0 atom stereocenters. The predicted molar refractivity (Wildman–Crippen MR) is 109 cm³/mol. The number of nitrogens with zero attached hydrogens (tertiary/aromatic N) is 5. The number of rotatable bonds is 4. The van der Waals surface area contributed by atoms with Gasteiger partial charge in [-0.15, -0.1) is 5.10 Å². The van der Waals surface area contributed by atoms with Crippen LogP contribution in [-0.2, 0) is 10.2 Å². The van der Waals surface area contributed by atoms with Crippen LogP contribution in [0, 0.1) is 0 Å². The van der Waals surface area contributed by atoms with Crippen molar-refractivity contribution >= 4 is 23.5 Å². The van der Waals surface area contributed by atoms with Gasteiger partial charge in [0.2, 0.25) is 5.95 Å². The van der Waals surface area contributed by atoms with Gasteiger partial charge in [0, 0.05) is 31.9 Å². The lowest BCUT2D eigenvalue weighted by Gasteiger charge is -2.33. The van der Waals surface area contributed by atoms with Crippen LogP contribution in [0.25, 0.3) is 0 Å². The zero-order valence-electron chi connectivity index (χ0n) is 17.0. The van der Waals surface area contributed by atoms with E-state index in [1.54, 1.807) is 11.1 Å². The molecule has 1 amide bonds. The normalized spacial score (nSPS) is 14.7. The summed E-state index contributed by atoms with van der Waals surface area (Å²) in [6, 6.07) is 8.20. The predicted octanol–water partition coefficient (Wildman–Crippen LogP) is 3.19. The van der Waals surface area contributed by atoms with Crippen molar-refractivity contribution in [2.24, 2.45) is 0 Å². The average molecular weight is 384 g/mol. The van der Waals surface area contributed by atoms with E-state index in [-0.39, 0.29) is 11.5 Å². The van der Waals surface area contributed by atoms with Gasteiger partial charge in [0.25, 0.3) is 0 Å². The maximum atomic E-state index is 11.8. The number of anilines is 3. The summed E-state index contributed by atoms with van der Waals surface area (Å²) in [6.45, 7) is 11.2. The lowest BCUT2D eigenvalue weighted by Crippen LogP contribution is -2.49. The van der Waals surface area contributed by atoms with Gasteiger partial charge in [-0.25, -0.2) is 4.79 Å². The topological polar surface area (TPSA) is 83.5 Å². The molecule has 0 spiro atoms. The molecule has 150 valence electrons. The van der Waals surface area contributed by atoms with Gasteiger partial charge in [-0.2, -0.15) is 10.1 Å². The Morgan fingerprint density at radius 1 is 1.18 bits per heavy atom. The molecule has 1 N–H and O–H groups in total. The first-order valence-corrected chi connectivity index (χ1v) is 9.61. The molecule has 2 heterocycles. The molecule has 1 aliphatic heterocycles. The summed E-state index contributed by atoms with van der Waals surface area (Å²) >= 11 is 0. The third-order valence-corrected chi connectivity index (χ3v) is 4.63. The molecule has 2 aromatic rings. The van der Waals surface area contributed by atoms with Crippen LogP contribution in [0.4, 0.5) is 22.2 Å². The summed E-state index contributed by atoms with van der Waals surface area (Å²) in [4.78, 5) is 20.2. The molecule has 1 aromatic heterocycles. The molecule has 0 radical (unpaired) electrons. The van der Waals surface area contributed by atoms with Gasteiger partial charge in [-0.3, -0.25) is 0 Å². The summed E-state index contributed by atoms with van der Waals surface area (Å²) in [5, 5.41) is 11.7. The second-order valence-electron chi connectivity index (χ2n) is 7.74. The molecule has 1 fully saturated rings. The number of amides is 1. The lowest BCUT2D eigenvalue weighted by atomic mass is 9.86. The third kappa shape index (κ3) is 4.68. The highest BCUT2D eigenvalue weighted by molar-refractivity contribution is 5.68. The highest BCUT2D eigenvalue weighted by atomic mass is 16.6. The van der Waals surface area contributed by atoms with Crippen LogP contribution in [-0.4, -0.2) is 59.0 Å². The minimum absolute atomic E-state index is 0.0102. The summed E-state index contributed by atoms with van der Waals surface area (Å²) in [5.74, 6) is 1.20. The maximum absolute atomic E-state index is 11.8. The molecule has 8 nitrogen and oxygen atoms in total. The van der Waals surface area contributed by atoms with Gasteiger partial charge >= 0.3 is 6.09 Å². The van der Waals surface area contributed by atoms with Crippen molar-refractivity contribution in [1.29, 1.82) is 0 Å². The van der Waals surface area contributed by atoms with Crippen LogP contribution >= 0.6 is 0 Å². The maximum Gasteiger partial charge on any atom is 0.409 e. The number of ether oxygens (including phenoxy) is 1. The second-order valence-corrected chi connectivity index (χ2v) is 7.74. The summed E-state index contributed by atoms with van der Waals surface area (Å²) in [7, 11) is 0. The van der Waals surface area contributed by atoms with Crippen molar-refractivity contribution in [2.45, 2.75) is 33.1 Å². The Kier molecular flexibility index (Phi) is 5.96. The Labute approximate surface area is 165 Å². The first-order valence-electron chi connectivity index (χ1n) is 9.61. The minimum Gasteiger partial charge on any atom is -0.450 e. The molecule has 0 unspecified atom stereocenters. The van der Waals surface area contributed by atoms with Crippen molar-refractivity contribution < 1.29 is 9.53 Å². The van der Waals surface area contributed by atoms with Crippen LogP contribution in [0.1, 0.15) is 33.3 Å². The number of benzene rings is 1. The van der Waals surface area contributed by atoms with Gasteiger partial charge in [-0.1, -0.05) is 39.0 Å². The lowest BCUT2D eigenvalue weighted by molar-refractivity contribution is 0.105. The highest BCUT2D eigenvalue weighted by Gasteiger charge is 2.24. The number of nitrogens with one attached hydrogen (secondary N) is 1. The van der Waals surface area contributed by atoms with Gasteiger partial charge < -0.3 is 19.9 Å². The third-order valence-electron chi connectivity index (χ3n) is 4.63. The zero-order chi connectivity index (χ0) is 20.1. The Morgan fingerprint density at radius 3 is 2.57 bits per heavy atom. The van der Waals surface area contributed by atoms with E-state index in [2.05, 4.69) is 47.3 Å². The number of carbonyl (C=O) groups excluding carboxylic acids is 1. The molecule has 0 aliphatic carbocycles. The van der Waals surface area contributed by atoms with E-state index < -0.39 is 0 Å². The van der Waals surface area contributed by atoms with E-state index in [4.69, 9.17) is 4.74 Å². The number of hydrogen-bond acceptors (Lipinski definition) is 7. The molecule has 8 heteroatoms. The Bertz CT molecular complexity index is 812. The first kappa shape index (κ1) is 19.9. The number of aromatic nitrogens is 3. The molecule has 28 heavy (non-hydrogen) atoms. The zero-order valence-corrected chi connectivity index (χ0v) is 17.0. The van der Waals surface area contributed by atoms with Gasteiger partial charge in [0.1, 0.15) is 0 Å². The van der Waals surface area contributed by atoms with Crippen LogP contribution in [0.3, 0.4) is 0 Å². The van der Waals surface area contributed by atoms with Crippen molar-refractivity contribution in [1.82, 2.24) is 20.1 Å². The van der Waals surface area contributed by atoms with Crippen LogP contribution < -0.4 is 10.2 Å². The number of para-hydroxylation sites is 1. The van der Waals surface area contributed by atoms with E-state index in [1.165, 1.54) is 5.56 Å². The number of piperazine rings is 1. The summed E-state index contributed by atoms with van der Waals surface area (Å²) in [6.07, 6.45) is 1.35. The van der Waals surface area contributed by atoms with Crippen molar-refractivity contribution in [3.63, 3.8) is 0 Å². The Morgan fingerprint density at radius 2 is 1.89 bits per heavy atom. The molecule has 1 saturated heterocycles. The average Bonchev–Trinajstić information content (AvgIpc) is 2.68. The quantitative estimate of drug-likeness (QED) is 0.866. The minimum atomic E-state index is -0.268. The van der Waals surface area contributed by atoms with Gasteiger partial charge in [0.05, 0.1) is 12.8 Å². The molecule has 3 rings (SSSR count). The largest absolute Gasteiger partial charge is 0.450 e. The highest BCUT2D eigenvalue weighted by Crippen LogP contribution is 2.30. The standard InChI is InChI=1S/C20H28N6O2/c1-5-28-19(27)26-12-10-25(11-13-26)18-23-17(14-21-24-18)22-16-9-7-6-8-15(16)20(2,3)4/h6-9,14H,5,10-13H2,1-4H3,(H,22,23,24). The van der Waals surface area contributed by atoms with Crippen molar-refractivity contribution in [3.05, 3.63) is 36.0 Å². The molecule has 1 aromatic carbocycles. The molecule has 1 aliphatic rings. The Balaban J connectivity index is 1.70.